The summed E-state index contributed by atoms with van der Waals surface area (Å²) in [5.74, 6) is 0.0594. The first-order chi connectivity index (χ1) is 9.52. The molecule has 0 saturated heterocycles. The lowest BCUT2D eigenvalue weighted by Gasteiger charge is -2.12. The average Bonchev–Trinajstić information content (AvgIpc) is 2.42. The minimum absolute atomic E-state index is 0.242. The number of rotatable bonds is 3. The molecule has 0 radical (unpaired) electrons. The second-order valence-corrected chi connectivity index (χ2v) is 4.89. The number of ether oxygens (including phenoxy) is 1. The molecule has 104 valence electrons. The molecule has 0 unspecified atom stereocenters. The lowest BCUT2D eigenvalue weighted by atomic mass is 10.1. The van der Waals surface area contributed by atoms with E-state index in [1.807, 2.05) is 6.92 Å². The van der Waals surface area contributed by atoms with E-state index >= 15 is 0 Å². The highest BCUT2D eigenvalue weighted by Gasteiger charge is 2.15. The van der Waals surface area contributed by atoms with E-state index in [2.05, 4.69) is 10.3 Å². The predicted molar refractivity (Wildman–Crippen MR) is 79.9 cm³/mol. The van der Waals surface area contributed by atoms with Crippen molar-refractivity contribution >= 4 is 34.8 Å². The van der Waals surface area contributed by atoms with Crippen molar-refractivity contribution in [3.05, 3.63) is 51.8 Å². The molecule has 2 aromatic rings. The highest BCUT2D eigenvalue weighted by Crippen LogP contribution is 2.27. The van der Waals surface area contributed by atoms with Gasteiger partial charge in [0, 0.05) is 11.2 Å². The summed E-state index contributed by atoms with van der Waals surface area (Å²) in [4.78, 5) is 16.2. The molecule has 1 aromatic heterocycles. The molecule has 0 bridgehead atoms. The van der Waals surface area contributed by atoms with Gasteiger partial charge in [-0.1, -0.05) is 23.2 Å². The number of aryl methyl sites for hydroxylation is 1. The van der Waals surface area contributed by atoms with Crippen LogP contribution in [0.5, 0.6) is 5.75 Å². The zero-order chi connectivity index (χ0) is 14.7. The van der Waals surface area contributed by atoms with E-state index in [1.165, 1.54) is 7.11 Å². The molecule has 20 heavy (non-hydrogen) atoms. The molecule has 1 amide bonds. The van der Waals surface area contributed by atoms with Gasteiger partial charge in [0.1, 0.15) is 5.75 Å². The Morgan fingerprint density at radius 1 is 1.30 bits per heavy atom. The Morgan fingerprint density at radius 2 is 2.05 bits per heavy atom. The summed E-state index contributed by atoms with van der Waals surface area (Å²) >= 11 is 11.8. The number of amides is 1. The number of anilines is 1. The fourth-order valence-electron chi connectivity index (χ4n) is 1.71. The molecular weight excluding hydrogens is 299 g/mol. The number of methoxy groups -OCH3 is 1. The summed E-state index contributed by atoms with van der Waals surface area (Å²) in [6.07, 6.45) is 1.58. The monoisotopic (exact) mass is 310 g/mol. The topological polar surface area (TPSA) is 51.2 Å². The van der Waals surface area contributed by atoms with Gasteiger partial charge in [0.2, 0.25) is 0 Å². The van der Waals surface area contributed by atoms with Gasteiger partial charge in [-0.25, -0.2) is 4.98 Å². The number of carbonyl (C=O) groups excluding carboxylic acids is 1. The third-order valence-electron chi connectivity index (χ3n) is 2.76. The number of nitrogens with one attached hydrogen (secondary N) is 1. The maximum absolute atomic E-state index is 12.3. The Hall–Kier alpha value is -1.78. The molecule has 0 fully saturated rings. The Bertz CT molecular complexity index is 639. The van der Waals surface area contributed by atoms with Crippen molar-refractivity contribution in [2.45, 2.75) is 6.92 Å². The van der Waals surface area contributed by atoms with Crippen LogP contribution >= 0.6 is 23.2 Å². The highest BCUT2D eigenvalue weighted by molar-refractivity contribution is 6.33. The molecule has 0 atom stereocenters. The van der Waals surface area contributed by atoms with Crippen molar-refractivity contribution in [2.75, 3.05) is 12.4 Å². The largest absolute Gasteiger partial charge is 0.496 e. The first-order valence-electron chi connectivity index (χ1n) is 5.79. The second kappa shape index (κ2) is 6.11. The molecule has 6 heteroatoms. The summed E-state index contributed by atoms with van der Waals surface area (Å²) < 4.78 is 5.15. The van der Waals surface area contributed by atoms with Gasteiger partial charge >= 0.3 is 0 Å². The van der Waals surface area contributed by atoms with Crippen LogP contribution in [-0.4, -0.2) is 18.0 Å². The third kappa shape index (κ3) is 3.03. The Morgan fingerprint density at radius 3 is 2.70 bits per heavy atom. The predicted octanol–water partition coefficient (Wildman–Crippen LogP) is 3.96. The fraction of sp³-hybridized carbons (Fsp3) is 0.143. The Balaban J connectivity index is 2.33. The van der Waals surface area contributed by atoms with Crippen molar-refractivity contribution in [1.82, 2.24) is 4.98 Å². The maximum Gasteiger partial charge on any atom is 0.259 e. The fourth-order valence-corrected chi connectivity index (χ4v) is 2.12. The van der Waals surface area contributed by atoms with Crippen LogP contribution in [0.3, 0.4) is 0 Å². The van der Waals surface area contributed by atoms with Gasteiger partial charge in [-0.15, -0.1) is 0 Å². The van der Waals surface area contributed by atoms with Crippen LogP contribution in [0.25, 0.3) is 0 Å². The lowest BCUT2D eigenvalue weighted by Crippen LogP contribution is -2.14. The normalized spacial score (nSPS) is 10.2. The van der Waals surface area contributed by atoms with Gasteiger partial charge in [0.25, 0.3) is 5.91 Å². The molecule has 4 nitrogen and oxygen atoms in total. The number of benzene rings is 1. The summed E-state index contributed by atoms with van der Waals surface area (Å²) in [5, 5.41) is 3.47. The molecular formula is C14H12Cl2N2O2. The van der Waals surface area contributed by atoms with Gasteiger partial charge < -0.3 is 10.1 Å². The van der Waals surface area contributed by atoms with Crippen LogP contribution in [-0.2, 0) is 0 Å². The van der Waals surface area contributed by atoms with Crippen molar-refractivity contribution < 1.29 is 9.53 Å². The first-order valence-corrected chi connectivity index (χ1v) is 6.54. The standard InChI is InChI=1S/C14H12Cl2N2O2/c1-8-5-6-17-13(16)12(8)18-14(19)10-4-3-9(15)7-11(10)20-2/h3-7H,1-2H3,(H,18,19). The second-order valence-electron chi connectivity index (χ2n) is 4.09. The van der Waals surface area contributed by atoms with Crippen molar-refractivity contribution in [1.29, 1.82) is 0 Å². The summed E-state index contributed by atoms with van der Waals surface area (Å²) in [7, 11) is 1.48. The molecule has 1 aromatic carbocycles. The molecule has 0 saturated carbocycles. The molecule has 1 heterocycles. The Labute approximate surface area is 126 Å². The Kier molecular flexibility index (Phi) is 4.47. The zero-order valence-electron chi connectivity index (χ0n) is 10.9. The van der Waals surface area contributed by atoms with Gasteiger partial charge in [0.15, 0.2) is 5.15 Å². The van der Waals surface area contributed by atoms with Crippen LogP contribution in [0, 0.1) is 6.92 Å². The molecule has 0 aliphatic carbocycles. The third-order valence-corrected chi connectivity index (χ3v) is 3.28. The van der Waals surface area contributed by atoms with E-state index in [1.54, 1.807) is 30.5 Å². The van der Waals surface area contributed by atoms with E-state index in [-0.39, 0.29) is 11.1 Å². The number of nitrogens with zero attached hydrogens (tertiary/aromatic N) is 1. The maximum atomic E-state index is 12.3. The van der Waals surface area contributed by atoms with E-state index in [4.69, 9.17) is 27.9 Å². The number of hydrogen-bond donors (Lipinski definition) is 1. The zero-order valence-corrected chi connectivity index (χ0v) is 12.4. The average molecular weight is 311 g/mol. The smallest absolute Gasteiger partial charge is 0.259 e. The molecule has 0 aliphatic heterocycles. The lowest BCUT2D eigenvalue weighted by molar-refractivity contribution is 0.102. The number of hydrogen-bond acceptors (Lipinski definition) is 3. The summed E-state index contributed by atoms with van der Waals surface area (Å²) in [6.45, 7) is 1.84. The van der Waals surface area contributed by atoms with E-state index in [0.29, 0.717) is 22.0 Å². The van der Waals surface area contributed by atoms with Gasteiger partial charge in [0.05, 0.1) is 18.4 Å². The van der Waals surface area contributed by atoms with Crippen LogP contribution in [0.15, 0.2) is 30.5 Å². The van der Waals surface area contributed by atoms with Gasteiger partial charge in [-0.05, 0) is 36.8 Å². The summed E-state index contributed by atoms with van der Waals surface area (Å²) in [6, 6.07) is 6.56. The van der Waals surface area contributed by atoms with Crippen LogP contribution < -0.4 is 10.1 Å². The van der Waals surface area contributed by atoms with Crippen LogP contribution in [0.1, 0.15) is 15.9 Å². The van der Waals surface area contributed by atoms with Gasteiger partial charge in [-0.2, -0.15) is 0 Å². The molecule has 2 rings (SSSR count). The molecule has 0 spiro atoms. The first kappa shape index (κ1) is 14.6. The SMILES string of the molecule is COc1cc(Cl)ccc1C(=O)Nc1c(C)ccnc1Cl. The van der Waals surface area contributed by atoms with Gasteiger partial charge in [-0.3, -0.25) is 4.79 Å². The van der Waals surface area contributed by atoms with Crippen molar-refractivity contribution in [3.8, 4) is 5.75 Å². The highest BCUT2D eigenvalue weighted by atomic mass is 35.5. The van der Waals surface area contributed by atoms with E-state index in [9.17, 15) is 4.79 Å². The minimum atomic E-state index is -0.337. The van der Waals surface area contributed by atoms with Crippen LogP contribution in [0.2, 0.25) is 10.2 Å². The molecule has 1 N–H and O–H groups in total. The number of pyridine rings is 1. The van der Waals surface area contributed by atoms with Crippen LogP contribution in [0.4, 0.5) is 5.69 Å². The van der Waals surface area contributed by atoms with Crippen molar-refractivity contribution in [2.24, 2.45) is 0 Å². The molecule has 0 aliphatic rings. The quantitative estimate of drug-likeness (QED) is 0.873. The number of halogens is 2. The van der Waals surface area contributed by atoms with E-state index in [0.717, 1.165) is 5.56 Å². The summed E-state index contributed by atoms with van der Waals surface area (Å²) in [5.41, 5.74) is 1.68. The van der Waals surface area contributed by atoms with Crippen molar-refractivity contribution in [3.63, 3.8) is 0 Å². The number of aromatic nitrogens is 1. The number of carbonyl (C=O) groups is 1. The van der Waals surface area contributed by atoms with E-state index < -0.39 is 0 Å². The minimum Gasteiger partial charge on any atom is -0.496 e.